The van der Waals surface area contributed by atoms with Gasteiger partial charge < -0.3 is 9.52 Å². The lowest BCUT2D eigenvalue weighted by Gasteiger charge is -1.98. The molecule has 0 saturated heterocycles. The predicted molar refractivity (Wildman–Crippen MR) is 71.7 cm³/mol. The second-order valence-electron chi connectivity index (χ2n) is 3.86. The third-order valence-electron chi connectivity index (χ3n) is 2.52. The maximum Gasteiger partial charge on any atom is 0.205 e. The first kappa shape index (κ1) is 11.2. The smallest absolute Gasteiger partial charge is 0.205 e. The van der Waals surface area contributed by atoms with Crippen LogP contribution < -0.4 is 0 Å². The molecule has 0 unspecified atom stereocenters. The molecule has 0 aliphatic heterocycles. The van der Waals surface area contributed by atoms with Crippen LogP contribution >= 0.6 is 11.8 Å². The summed E-state index contributed by atoms with van der Waals surface area (Å²) >= 11 is 1.59. The van der Waals surface area contributed by atoms with E-state index in [0.29, 0.717) is 11.6 Å². The fraction of sp³-hybridized carbons (Fsp3) is 0.0714. The molecule has 4 heteroatoms. The van der Waals surface area contributed by atoms with E-state index in [0.717, 1.165) is 16.0 Å². The van der Waals surface area contributed by atoms with Gasteiger partial charge in [-0.25, -0.2) is 4.98 Å². The number of rotatable bonds is 3. The predicted octanol–water partition coefficient (Wildman–Crippen LogP) is 3.83. The number of hydrogen-bond acceptors (Lipinski definition) is 4. The highest BCUT2D eigenvalue weighted by molar-refractivity contribution is 7.98. The Kier molecular flexibility index (Phi) is 2.94. The maximum atomic E-state index is 9.37. The number of para-hydroxylation sites is 2. The van der Waals surface area contributed by atoms with Crippen LogP contribution in [0.4, 0.5) is 0 Å². The number of aromatic nitrogens is 1. The van der Waals surface area contributed by atoms with Crippen molar-refractivity contribution >= 4 is 22.9 Å². The van der Waals surface area contributed by atoms with E-state index in [1.807, 2.05) is 36.4 Å². The molecule has 1 aromatic heterocycles. The standard InChI is InChI=1S/C14H11NO2S/c16-10-4-3-5-11(8-10)18-9-14-15-12-6-1-2-7-13(12)17-14/h1-8,16H,9H2. The average Bonchev–Trinajstić information content (AvgIpc) is 2.79. The van der Waals surface area contributed by atoms with Gasteiger partial charge in [0.1, 0.15) is 11.3 Å². The van der Waals surface area contributed by atoms with Crippen LogP contribution in [0.15, 0.2) is 57.8 Å². The lowest BCUT2D eigenvalue weighted by atomic mass is 10.3. The highest BCUT2D eigenvalue weighted by Crippen LogP contribution is 2.26. The van der Waals surface area contributed by atoms with Gasteiger partial charge in [0.2, 0.25) is 5.89 Å². The highest BCUT2D eigenvalue weighted by atomic mass is 32.2. The van der Waals surface area contributed by atoms with Crippen LogP contribution in [0.2, 0.25) is 0 Å². The van der Waals surface area contributed by atoms with E-state index in [4.69, 9.17) is 4.42 Å². The fourth-order valence-corrected chi connectivity index (χ4v) is 2.49. The first-order chi connectivity index (χ1) is 8.81. The quantitative estimate of drug-likeness (QED) is 0.724. The molecule has 0 aliphatic rings. The Bertz CT molecular complexity index is 645. The Hall–Kier alpha value is -1.94. The summed E-state index contributed by atoms with van der Waals surface area (Å²) in [5.74, 6) is 1.63. The van der Waals surface area contributed by atoms with Gasteiger partial charge in [0, 0.05) is 4.90 Å². The number of benzene rings is 2. The maximum absolute atomic E-state index is 9.37. The second kappa shape index (κ2) is 4.74. The fourth-order valence-electron chi connectivity index (χ4n) is 1.70. The number of oxazole rings is 1. The third-order valence-corrected chi connectivity index (χ3v) is 3.50. The molecule has 1 N–H and O–H groups in total. The number of nitrogens with zero attached hydrogens (tertiary/aromatic N) is 1. The zero-order valence-corrected chi connectivity index (χ0v) is 10.4. The number of fused-ring (bicyclic) bond motifs is 1. The summed E-state index contributed by atoms with van der Waals surface area (Å²) in [6.45, 7) is 0. The third kappa shape index (κ3) is 2.33. The van der Waals surface area contributed by atoms with Gasteiger partial charge in [-0.1, -0.05) is 18.2 Å². The first-order valence-electron chi connectivity index (χ1n) is 5.57. The van der Waals surface area contributed by atoms with Crippen molar-refractivity contribution in [2.45, 2.75) is 10.6 Å². The van der Waals surface area contributed by atoms with E-state index >= 15 is 0 Å². The minimum Gasteiger partial charge on any atom is -0.508 e. The Labute approximate surface area is 108 Å². The summed E-state index contributed by atoms with van der Waals surface area (Å²) in [5.41, 5.74) is 1.69. The molecule has 3 aromatic rings. The minimum absolute atomic E-state index is 0.276. The Morgan fingerprint density at radius 3 is 2.83 bits per heavy atom. The van der Waals surface area contributed by atoms with Crippen molar-refractivity contribution in [2.24, 2.45) is 0 Å². The van der Waals surface area contributed by atoms with E-state index < -0.39 is 0 Å². The van der Waals surface area contributed by atoms with Crippen LogP contribution in [0.3, 0.4) is 0 Å². The molecule has 0 aliphatic carbocycles. The molecule has 1 heterocycles. The van der Waals surface area contributed by atoms with Gasteiger partial charge in [0.25, 0.3) is 0 Å². The summed E-state index contributed by atoms with van der Waals surface area (Å²) in [4.78, 5) is 5.40. The van der Waals surface area contributed by atoms with Gasteiger partial charge in [-0.15, -0.1) is 11.8 Å². The molecule has 90 valence electrons. The summed E-state index contributed by atoms with van der Waals surface area (Å²) < 4.78 is 5.63. The summed E-state index contributed by atoms with van der Waals surface area (Å²) in [6.07, 6.45) is 0. The lowest BCUT2D eigenvalue weighted by molar-refractivity contribution is 0.474. The number of aromatic hydroxyl groups is 1. The van der Waals surface area contributed by atoms with Crippen molar-refractivity contribution < 1.29 is 9.52 Å². The van der Waals surface area contributed by atoms with Crippen molar-refractivity contribution in [1.82, 2.24) is 4.98 Å². The van der Waals surface area contributed by atoms with Gasteiger partial charge in [0.15, 0.2) is 5.58 Å². The molecule has 3 nitrogen and oxygen atoms in total. The monoisotopic (exact) mass is 257 g/mol. The van der Waals surface area contributed by atoms with E-state index in [2.05, 4.69) is 4.98 Å². The molecule has 0 amide bonds. The minimum atomic E-state index is 0.276. The zero-order valence-electron chi connectivity index (χ0n) is 9.54. The zero-order chi connectivity index (χ0) is 12.4. The first-order valence-corrected chi connectivity index (χ1v) is 6.56. The number of phenols is 1. The second-order valence-corrected chi connectivity index (χ2v) is 4.91. The van der Waals surface area contributed by atoms with Crippen LogP contribution in [-0.4, -0.2) is 10.1 Å². The summed E-state index contributed by atoms with van der Waals surface area (Å²) in [7, 11) is 0. The molecule has 0 saturated carbocycles. The Morgan fingerprint density at radius 2 is 2.00 bits per heavy atom. The van der Waals surface area contributed by atoms with Crippen molar-refractivity contribution in [3.05, 3.63) is 54.4 Å². The SMILES string of the molecule is Oc1cccc(SCc2nc3ccccc3o2)c1. The van der Waals surface area contributed by atoms with Crippen molar-refractivity contribution in [3.63, 3.8) is 0 Å². The van der Waals surface area contributed by atoms with E-state index in [9.17, 15) is 5.11 Å². The molecular formula is C14H11NO2S. The van der Waals surface area contributed by atoms with Crippen LogP contribution in [0.25, 0.3) is 11.1 Å². The number of hydrogen-bond donors (Lipinski definition) is 1. The molecule has 3 rings (SSSR count). The Morgan fingerprint density at radius 1 is 1.11 bits per heavy atom. The molecule has 18 heavy (non-hydrogen) atoms. The van der Waals surface area contributed by atoms with Crippen LogP contribution in [0.1, 0.15) is 5.89 Å². The average molecular weight is 257 g/mol. The summed E-state index contributed by atoms with van der Waals surface area (Å²) in [5, 5.41) is 9.37. The van der Waals surface area contributed by atoms with Crippen molar-refractivity contribution in [3.8, 4) is 5.75 Å². The van der Waals surface area contributed by atoms with Gasteiger partial charge in [-0.2, -0.15) is 0 Å². The largest absolute Gasteiger partial charge is 0.508 e. The van der Waals surface area contributed by atoms with Gasteiger partial charge in [-0.05, 0) is 30.3 Å². The molecule has 2 aromatic carbocycles. The molecule has 0 atom stereocenters. The van der Waals surface area contributed by atoms with Crippen molar-refractivity contribution in [2.75, 3.05) is 0 Å². The molecule has 0 fully saturated rings. The lowest BCUT2D eigenvalue weighted by Crippen LogP contribution is -1.79. The number of thioether (sulfide) groups is 1. The van der Waals surface area contributed by atoms with Crippen LogP contribution in [-0.2, 0) is 5.75 Å². The van der Waals surface area contributed by atoms with Crippen LogP contribution in [0.5, 0.6) is 5.75 Å². The van der Waals surface area contributed by atoms with E-state index in [-0.39, 0.29) is 5.75 Å². The topological polar surface area (TPSA) is 46.3 Å². The highest BCUT2D eigenvalue weighted by Gasteiger charge is 2.05. The number of phenolic OH excluding ortho intramolecular Hbond substituents is 1. The van der Waals surface area contributed by atoms with Gasteiger partial charge >= 0.3 is 0 Å². The molecule has 0 radical (unpaired) electrons. The summed E-state index contributed by atoms with van der Waals surface area (Å²) in [6, 6.07) is 14.9. The molecule has 0 spiro atoms. The van der Waals surface area contributed by atoms with Crippen molar-refractivity contribution in [1.29, 1.82) is 0 Å². The van der Waals surface area contributed by atoms with E-state index in [1.165, 1.54) is 0 Å². The molecular weight excluding hydrogens is 246 g/mol. The van der Waals surface area contributed by atoms with Gasteiger partial charge in [0.05, 0.1) is 5.75 Å². The van der Waals surface area contributed by atoms with E-state index in [1.54, 1.807) is 23.9 Å². The molecule has 0 bridgehead atoms. The van der Waals surface area contributed by atoms with Gasteiger partial charge in [-0.3, -0.25) is 0 Å². The van der Waals surface area contributed by atoms with Crippen LogP contribution in [0, 0.1) is 0 Å². The normalized spacial score (nSPS) is 10.9. The Balaban J connectivity index is 1.76.